The average molecular weight is 270 g/mol. The van der Waals surface area contributed by atoms with Crippen molar-refractivity contribution in [2.75, 3.05) is 5.73 Å². The fourth-order valence-electron chi connectivity index (χ4n) is 1.78. The van der Waals surface area contributed by atoms with E-state index in [0.717, 1.165) is 11.1 Å². The smallest absolute Gasteiger partial charge is 0.0991 e. The highest BCUT2D eigenvalue weighted by molar-refractivity contribution is 7.84. The Labute approximate surface area is 115 Å². The third-order valence-electron chi connectivity index (χ3n) is 2.79. The van der Waals surface area contributed by atoms with E-state index in [-0.39, 0.29) is 0 Å². The highest BCUT2D eigenvalue weighted by Gasteiger charge is 2.09. The quantitative estimate of drug-likeness (QED) is 0.872. The van der Waals surface area contributed by atoms with E-state index < -0.39 is 10.8 Å². The second-order valence-corrected chi connectivity index (χ2v) is 5.76. The van der Waals surface area contributed by atoms with Gasteiger partial charge in [-0.05, 0) is 42.3 Å². The third kappa shape index (κ3) is 3.21. The standard InChI is InChI=1S/C15H14N2OS/c1-11-2-7-15(14(17)8-11)19(18)10-13-5-3-12(9-16)4-6-13/h2-8H,10,17H2,1H3. The maximum Gasteiger partial charge on any atom is 0.0991 e. The number of hydrogen-bond acceptors (Lipinski definition) is 3. The van der Waals surface area contributed by atoms with Crippen molar-refractivity contribution in [3.8, 4) is 6.07 Å². The molecule has 0 saturated heterocycles. The molecule has 1 atom stereocenters. The van der Waals surface area contributed by atoms with E-state index in [9.17, 15) is 4.21 Å². The Morgan fingerprint density at radius 3 is 2.47 bits per heavy atom. The van der Waals surface area contributed by atoms with Gasteiger partial charge in [-0.1, -0.05) is 18.2 Å². The minimum absolute atomic E-state index is 0.402. The molecular weight excluding hydrogens is 256 g/mol. The molecule has 2 aromatic carbocycles. The van der Waals surface area contributed by atoms with Gasteiger partial charge in [-0.3, -0.25) is 4.21 Å². The van der Waals surface area contributed by atoms with Gasteiger partial charge in [0.2, 0.25) is 0 Å². The fraction of sp³-hybridized carbons (Fsp3) is 0.133. The minimum atomic E-state index is -1.17. The number of benzene rings is 2. The first-order valence-electron chi connectivity index (χ1n) is 5.83. The van der Waals surface area contributed by atoms with Crippen LogP contribution in [0.3, 0.4) is 0 Å². The van der Waals surface area contributed by atoms with Crippen LogP contribution in [0.4, 0.5) is 5.69 Å². The number of anilines is 1. The summed E-state index contributed by atoms with van der Waals surface area (Å²) in [5.41, 5.74) is 9.03. The van der Waals surface area contributed by atoms with Crippen molar-refractivity contribution in [1.82, 2.24) is 0 Å². The van der Waals surface area contributed by atoms with Gasteiger partial charge in [-0.25, -0.2) is 0 Å². The van der Waals surface area contributed by atoms with E-state index in [1.54, 1.807) is 12.1 Å². The fourth-order valence-corrected chi connectivity index (χ4v) is 2.97. The molecule has 0 saturated carbocycles. The minimum Gasteiger partial charge on any atom is -0.398 e. The number of nitrogens with two attached hydrogens (primary N) is 1. The summed E-state index contributed by atoms with van der Waals surface area (Å²) in [6.07, 6.45) is 0. The van der Waals surface area contributed by atoms with Crippen LogP contribution >= 0.6 is 0 Å². The summed E-state index contributed by atoms with van der Waals surface area (Å²) in [5.74, 6) is 0.402. The zero-order valence-electron chi connectivity index (χ0n) is 10.6. The Morgan fingerprint density at radius 1 is 1.21 bits per heavy atom. The Morgan fingerprint density at radius 2 is 1.89 bits per heavy atom. The van der Waals surface area contributed by atoms with Gasteiger partial charge >= 0.3 is 0 Å². The number of nitriles is 1. The summed E-state index contributed by atoms with van der Waals surface area (Å²) >= 11 is 0. The Hall–Kier alpha value is -2.12. The summed E-state index contributed by atoms with van der Waals surface area (Å²) in [5, 5.41) is 8.72. The van der Waals surface area contributed by atoms with Crippen LogP contribution in [0.2, 0.25) is 0 Å². The van der Waals surface area contributed by atoms with Crippen LogP contribution in [0.5, 0.6) is 0 Å². The van der Waals surface area contributed by atoms with Crippen LogP contribution in [-0.2, 0) is 16.6 Å². The zero-order chi connectivity index (χ0) is 13.8. The topological polar surface area (TPSA) is 66.9 Å². The van der Waals surface area contributed by atoms with E-state index >= 15 is 0 Å². The van der Waals surface area contributed by atoms with Crippen LogP contribution < -0.4 is 5.73 Å². The summed E-state index contributed by atoms with van der Waals surface area (Å²) in [6, 6.07) is 14.7. The zero-order valence-corrected chi connectivity index (χ0v) is 11.4. The largest absolute Gasteiger partial charge is 0.398 e. The monoisotopic (exact) mass is 270 g/mol. The maximum absolute atomic E-state index is 12.3. The van der Waals surface area contributed by atoms with Crippen molar-refractivity contribution in [3.63, 3.8) is 0 Å². The number of hydrogen-bond donors (Lipinski definition) is 1. The van der Waals surface area contributed by atoms with E-state index in [1.165, 1.54) is 0 Å². The summed E-state index contributed by atoms with van der Waals surface area (Å²) in [7, 11) is -1.17. The molecule has 0 aliphatic heterocycles. The lowest BCUT2D eigenvalue weighted by atomic mass is 10.2. The van der Waals surface area contributed by atoms with Crippen LogP contribution in [0.25, 0.3) is 0 Å². The second kappa shape index (κ2) is 5.68. The average Bonchev–Trinajstić information content (AvgIpc) is 2.39. The van der Waals surface area contributed by atoms with Crippen LogP contribution in [0.15, 0.2) is 47.4 Å². The molecular formula is C15H14N2OS. The summed E-state index contributed by atoms with van der Waals surface area (Å²) in [6.45, 7) is 1.95. The van der Waals surface area contributed by atoms with E-state index in [1.807, 2.05) is 37.3 Å². The van der Waals surface area contributed by atoms with Crippen molar-refractivity contribution in [2.45, 2.75) is 17.6 Å². The number of rotatable bonds is 3. The lowest BCUT2D eigenvalue weighted by molar-refractivity contribution is 0.683. The SMILES string of the molecule is Cc1ccc(S(=O)Cc2ccc(C#N)cc2)c(N)c1. The van der Waals surface area contributed by atoms with Crippen molar-refractivity contribution in [1.29, 1.82) is 5.26 Å². The van der Waals surface area contributed by atoms with E-state index in [2.05, 4.69) is 6.07 Å². The molecule has 0 aliphatic rings. The molecule has 0 spiro atoms. The highest BCUT2D eigenvalue weighted by Crippen LogP contribution is 2.20. The Kier molecular flexibility index (Phi) is 3.98. The molecule has 0 heterocycles. The van der Waals surface area contributed by atoms with Crippen LogP contribution in [-0.4, -0.2) is 4.21 Å². The van der Waals surface area contributed by atoms with Crippen molar-refractivity contribution in [2.24, 2.45) is 0 Å². The lowest BCUT2D eigenvalue weighted by Crippen LogP contribution is -2.01. The first-order chi connectivity index (χ1) is 9.10. The van der Waals surface area contributed by atoms with Gasteiger partial charge < -0.3 is 5.73 Å². The predicted octanol–water partition coefficient (Wildman–Crippen LogP) is 2.76. The molecule has 2 aromatic rings. The van der Waals surface area contributed by atoms with E-state index in [0.29, 0.717) is 21.9 Å². The Balaban J connectivity index is 2.18. The van der Waals surface area contributed by atoms with Gasteiger partial charge in [0.25, 0.3) is 0 Å². The molecule has 0 aromatic heterocycles. The van der Waals surface area contributed by atoms with Crippen LogP contribution in [0.1, 0.15) is 16.7 Å². The van der Waals surface area contributed by atoms with Crippen molar-refractivity contribution >= 4 is 16.5 Å². The highest BCUT2D eigenvalue weighted by atomic mass is 32.2. The number of nitrogen functional groups attached to an aromatic ring is 1. The third-order valence-corrected chi connectivity index (χ3v) is 4.25. The molecule has 0 fully saturated rings. The maximum atomic E-state index is 12.3. The van der Waals surface area contributed by atoms with Gasteiger partial charge in [0.1, 0.15) is 0 Å². The van der Waals surface area contributed by atoms with Gasteiger partial charge in [0, 0.05) is 5.69 Å². The van der Waals surface area contributed by atoms with Gasteiger partial charge in [0.15, 0.2) is 0 Å². The normalized spacial score (nSPS) is 11.8. The Bertz CT molecular complexity index is 657. The van der Waals surface area contributed by atoms with Gasteiger partial charge in [-0.15, -0.1) is 0 Å². The van der Waals surface area contributed by atoms with Crippen molar-refractivity contribution in [3.05, 3.63) is 59.2 Å². The molecule has 2 N–H and O–H groups in total. The molecule has 0 aliphatic carbocycles. The lowest BCUT2D eigenvalue weighted by Gasteiger charge is -2.07. The molecule has 19 heavy (non-hydrogen) atoms. The molecule has 0 amide bonds. The van der Waals surface area contributed by atoms with E-state index in [4.69, 9.17) is 11.0 Å². The molecule has 96 valence electrons. The van der Waals surface area contributed by atoms with Gasteiger partial charge in [0.05, 0.1) is 33.1 Å². The summed E-state index contributed by atoms with van der Waals surface area (Å²) < 4.78 is 12.3. The molecule has 0 bridgehead atoms. The van der Waals surface area contributed by atoms with Crippen molar-refractivity contribution < 1.29 is 4.21 Å². The first kappa shape index (κ1) is 13.3. The number of aryl methyl sites for hydroxylation is 1. The second-order valence-electron chi connectivity index (χ2n) is 4.34. The van der Waals surface area contributed by atoms with Crippen LogP contribution in [0, 0.1) is 18.3 Å². The molecule has 2 rings (SSSR count). The molecule has 1 unspecified atom stereocenters. The molecule has 4 heteroatoms. The first-order valence-corrected chi connectivity index (χ1v) is 7.15. The summed E-state index contributed by atoms with van der Waals surface area (Å²) in [4.78, 5) is 0.662. The molecule has 0 radical (unpaired) electrons. The predicted molar refractivity (Wildman–Crippen MR) is 76.9 cm³/mol. The van der Waals surface area contributed by atoms with Gasteiger partial charge in [-0.2, -0.15) is 5.26 Å². The molecule has 3 nitrogen and oxygen atoms in total. The number of nitrogens with zero attached hydrogens (tertiary/aromatic N) is 1.